The molecule has 4 rings (SSSR count). The normalized spacial score (nSPS) is 10.8. The fraction of sp³-hybridized carbons (Fsp3) is 0.0417. The van der Waals surface area contributed by atoms with Crippen molar-refractivity contribution in [3.63, 3.8) is 0 Å². The molecule has 1 aromatic heterocycles. The molecule has 0 aliphatic rings. The van der Waals surface area contributed by atoms with Gasteiger partial charge in [-0.05, 0) is 54.6 Å². The Morgan fingerprint density at radius 1 is 0.906 bits per heavy atom. The smallest absolute Gasteiger partial charge is 0.353 e. The summed E-state index contributed by atoms with van der Waals surface area (Å²) >= 11 is 12.0. The minimum Gasteiger partial charge on any atom is -0.477 e. The Morgan fingerprint density at radius 3 is 2.22 bits per heavy atom. The van der Waals surface area contributed by atoms with Gasteiger partial charge in [0.05, 0.1) is 11.1 Å². The largest absolute Gasteiger partial charge is 0.477 e. The first-order valence-electron chi connectivity index (χ1n) is 9.56. The predicted octanol–water partition coefficient (Wildman–Crippen LogP) is 4.93. The lowest BCUT2D eigenvalue weighted by Gasteiger charge is -2.19. The second kappa shape index (κ2) is 8.86. The number of carboxylic acids is 1. The van der Waals surface area contributed by atoms with Crippen molar-refractivity contribution in [3.05, 3.63) is 110 Å². The lowest BCUT2D eigenvalue weighted by molar-refractivity contribution is 0.0685. The van der Waals surface area contributed by atoms with Crippen LogP contribution in [0.4, 0.5) is 0 Å². The molecule has 4 aromatic rings. The van der Waals surface area contributed by atoms with Gasteiger partial charge in [-0.2, -0.15) is 0 Å². The van der Waals surface area contributed by atoms with Gasteiger partial charge in [0.1, 0.15) is 5.69 Å². The Kier molecular flexibility index (Phi) is 5.99. The molecule has 3 aromatic carbocycles. The molecule has 8 heteroatoms. The summed E-state index contributed by atoms with van der Waals surface area (Å²) in [6.07, 6.45) is 0. The third kappa shape index (κ3) is 4.10. The highest BCUT2D eigenvalue weighted by Crippen LogP contribution is 2.25. The molecule has 0 bridgehead atoms. The van der Waals surface area contributed by atoms with Gasteiger partial charge in [-0.15, -0.1) is 0 Å². The van der Waals surface area contributed by atoms with Crippen molar-refractivity contribution in [1.29, 1.82) is 0 Å². The Morgan fingerprint density at radius 2 is 1.56 bits per heavy atom. The number of carbonyl (C=O) groups is 2. The van der Waals surface area contributed by atoms with Crippen LogP contribution in [-0.2, 0) is 6.54 Å². The molecule has 0 fully saturated rings. The van der Waals surface area contributed by atoms with E-state index in [-0.39, 0.29) is 17.8 Å². The first-order valence-corrected chi connectivity index (χ1v) is 10.3. The van der Waals surface area contributed by atoms with E-state index in [1.165, 1.54) is 4.57 Å². The van der Waals surface area contributed by atoms with Crippen molar-refractivity contribution >= 4 is 46.0 Å². The van der Waals surface area contributed by atoms with Gasteiger partial charge in [0.25, 0.3) is 5.91 Å². The average Bonchev–Trinajstić information content (AvgIpc) is 2.78. The number of aromatic carboxylic acids is 1. The van der Waals surface area contributed by atoms with Crippen molar-refractivity contribution in [2.75, 3.05) is 0 Å². The molecule has 0 aliphatic carbocycles. The van der Waals surface area contributed by atoms with Gasteiger partial charge in [-0.3, -0.25) is 9.59 Å². The lowest BCUT2D eigenvalue weighted by Crippen LogP contribution is -2.30. The van der Waals surface area contributed by atoms with Crippen molar-refractivity contribution in [3.8, 4) is 5.69 Å². The van der Waals surface area contributed by atoms with Gasteiger partial charge >= 0.3 is 5.97 Å². The zero-order valence-electron chi connectivity index (χ0n) is 16.5. The van der Waals surface area contributed by atoms with Gasteiger partial charge in [-0.25, -0.2) is 4.79 Å². The molecule has 1 heterocycles. The van der Waals surface area contributed by atoms with E-state index in [4.69, 9.17) is 23.2 Å². The zero-order valence-corrected chi connectivity index (χ0v) is 18.0. The van der Waals surface area contributed by atoms with E-state index in [1.807, 2.05) is 0 Å². The van der Waals surface area contributed by atoms with Gasteiger partial charge in [0, 0.05) is 33.2 Å². The number of rotatable bonds is 5. The molecular weight excluding hydrogens is 451 g/mol. The molecule has 2 N–H and O–H groups in total. The molecular formula is C24H16Cl2N2O4. The molecule has 0 saturated carbocycles. The maximum Gasteiger partial charge on any atom is 0.353 e. The van der Waals surface area contributed by atoms with Crippen LogP contribution in [0.15, 0.2) is 77.6 Å². The van der Waals surface area contributed by atoms with Crippen LogP contribution in [-0.4, -0.2) is 21.6 Å². The number of carboxylic acid groups (broad SMARTS) is 1. The molecule has 0 spiro atoms. The summed E-state index contributed by atoms with van der Waals surface area (Å²) in [7, 11) is 0. The first-order chi connectivity index (χ1) is 15.4. The van der Waals surface area contributed by atoms with Crippen LogP contribution < -0.4 is 10.7 Å². The number of pyridine rings is 1. The molecule has 0 atom stereocenters. The lowest BCUT2D eigenvalue weighted by atomic mass is 10.1. The number of benzene rings is 3. The standard InChI is InChI=1S/C24H16Cl2N2O4/c25-15-8-6-14(7-9-15)23(30)27-13-19-21(24(31)32)28(17-4-2-1-3-5-17)20-12-16(26)10-11-18(20)22(19)29/h1-12H,13H2,(H,27,30)(H,31,32). The summed E-state index contributed by atoms with van der Waals surface area (Å²) in [5.41, 5.74) is 0.465. The van der Waals surface area contributed by atoms with Crippen LogP contribution in [0.5, 0.6) is 0 Å². The van der Waals surface area contributed by atoms with Gasteiger partial charge < -0.3 is 15.0 Å². The van der Waals surface area contributed by atoms with Gasteiger partial charge in [-0.1, -0.05) is 41.4 Å². The average molecular weight is 467 g/mol. The highest BCUT2D eigenvalue weighted by molar-refractivity contribution is 6.31. The van der Waals surface area contributed by atoms with Crippen molar-refractivity contribution in [1.82, 2.24) is 9.88 Å². The van der Waals surface area contributed by atoms with E-state index in [0.29, 0.717) is 32.2 Å². The van der Waals surface area contributed by atoms with Crippen molar-refractivity contribution < 1.29 is 14.7 Å². The zero-order chi connectivity index (χ0) is 22.8. The van der Waals surface area contributed by atoms with Gasteiger partial charge in [0.2, 0.25) is 0 Å². The third-order valence-corrected chi connectivity index (χ3v) is 5.47. The number of halogens is 2. The summed E-state index contributed by atoms with van der Waals surface area (Å²) in [4.78, 5) is 38.1. The number of nitrogens with zero attached hydrogens (tertiary/aromatic N) is 1. The Labute approximate surface area is 192 Å². The van der Waals surface area contributed by atoms with E-state index in [2.05, 4.69) is 5.32 Å². The predicted molar refractivity (Wildman–Crippen MR) is 124 cm³/mol. The van der Waals surface area contributed by atoms with Crippen LogP contribution >= 0.6 is 23.2 Å². The van der Waals surface area contributed by atoms with E-state index >= 15 is 0 Å². The number of hydrogen-bond acceptors (Lipinski definition) is 3. The fourth-order valence-electron chi connectivity index (χ4n) is 3.51. The van der Waals surface area contributed by atoms with E-state index in [1.54, 1.807) is 72.8 Å². The molecule has 160 valence electrons. The molecule has 1 amide bonds. The second-order valence-corrected chi connectivity index (χ2v) is 7.86. The monoisotopic (exact) mass is 466 g/mol. The highest BCUT2D eigenvalue weighted by atomic mass is 35.5. The molecule has 0 aliphatic heterocycles. The second-order valence-electron chi connectivity index (χ2n) is 6.98. The van der Waals surface area contributed by atoms with Crippen LogP contribution in [0.25, 0.3) is 16.6 Å². The van der Waals surface area contributed by atoms with Crippen LogP contribution in [0, 0.1) is 0 Å². The maximum atomic E-state index is 13.3. The molecule has 0 unspecified atom stereocenters. The Hall–Kier alpha value is -3.61. The van der Waals surface area contributed by atoms with Crippen LogP contribution in [0.3, 0.4) is 0 Å². The summed E-state index contributed by atoms with van der Waals surface area (Å²) in [6, 6.07) is 19.7. The first kappa shape index (κ1) is 21.6. The Bertz CT molecular complexity index is 1400. The van der Waals surface area contributed by atoms with Crippen molar-refractivity contribution in [2.45, 2.75) is 6.54 Å². The number of carbonyl (C=O) groups excluding carboxylic acids is 1. The maximum absolute atomic E-state index is 13.3. The topological polar surface area (TPSA) is 88.4 Å². The third-order valence-electron chi connectivity index (χ3n) is 4.98. The van der Waals surface area contributed by atoms with Crippen LogP contribution in [0.2, 0.25) is 10.0 Å². The molecule has 32 heavy (non-hydrogen) atoms. The summed E-state index contributed by atoms with van der Waals surface area (Å²) < 4.78 is 1.47. The van der Waals surface area contributed by atoms with E-state index in [0.717, 1.165) is 0 Å². The molecule has 0 saturated heterocycles. The SMILES string of the molecule is O=C(NCc1c(C(=O)O)n(-c2ccccc2)c2cc(Cl)ccc2c1=O)c1ccc(Cl)cc1. The fourth-order valence-corrected chi connectivity index (χ4v) is 3.81. The van der Waals surface area contributed by atoms with Crippen molar-refractivity contribution in [2.24, 2.45) is 0 Å². The Balaban J connectivity index is 1.89. The minimum atomic E-state index is -1.30. The minimum absolute atomic E-state index is 0.0431. The van der Waals surface area contributed by atoms with Crippen LogP contribution in [0.1, 0.15) is 26.4 Å². The molecule has 6 nitrogen and oxygen atoms in total. The number of amides is 1. The number of nitrogens with one attached hydrogen (secondary N) is 1. The van der Waals surface area contributed by atoms with E-state index < -0.39 is 17.3 Å². The summed E-state index contributed by atoms with van der Waals surface area (Å²) in [6.45, 7) is -0.271. The van der Waals surface area contributed by atoms with E-state index in [9.17, 15) is 19.5 Å². The quantitative estimate of drug-likeness (QED) is 0.436. The number of aromatic nitrogens is 1. The number of para-hydroxylation sites is 1. The highest BCUT2D eigenvalue weighted by Gasteiger charge is 2.23. The summed E-state index contributed by atoms with van der Waals surface area (Å²) in [5, 5.41) is 13.8. The number of fused-ring (bicyclic) bond motifs is 1. The molecule has 0 radical (unpaired) electrons. The number of hydrogen-bond donors (Lipinski definition) is 2. The summed E-state index contributed by atoms with van der Waals surface area (Å²) in [5.74, 6) is -1.76. The van der Waals surface area contributed by atoms with Gasteiger partial charge in [0.15, 0.2) is 5.43 Å².